The maximum Gasteiger partial charge on any atom is 0.387 e. The van der Waals surface area contributed by atoms with Gasteiger partial charge < -0.3 is 10.1 Å². The second-order valence-corrected chi connectivity index (χ2v) is 5.32. The van der Waals surface area contributed by atoms with E-state index in [1.807, 2.05) is 32.0 Å². The number of anilines is 1. The number of nitrogens with one attached hydrogen (secondary N) is 1. The van der Waals surface area contributed by atoms with Gasteiger partial charge in [0.25, 0.3) is 5.91 Å². The highest BCUT2D eigenvalue weighted by Gasteiger charge is 2.11. The molecule has 4 nitrogen and oxygen atoms in total. The number of benzene rings is 2. The molecule has 2 aromatic rings. The third-order valence-electron chi connectivity index (χ3n) is 3.63. The Labute approximate surface area is 144 Å². The van der Waals surface area contributed by atoms with Gasteiger partial charge in [0.1, 0.15) is 17.4 Å². The van der Waals surface area contributed by atoms with Gasteiger partial charge in [-0.25, -0.2) is 0 Å². The summed E-state index contributed by atoms with van der Waals surface area (Å²) in [7, 11) is 0. The quantitative estimate of drug-likeness (QED) is 0.645. The molecule has 128 valence electrons. The van der Waals surface area contributed by atoms with Gasteiger partial charge in [-0.2, -0.15) is 14.0 Å². The summed E-state index contributed by atoms with van der Waals surface area (Å²) in [5.41, 5.74) is 3.00. The van der Waals surface area contributed by atoms with Gasteiger partial charge in [-0.15, -0.1) is 0 Å². The van der Waals surface area contributed by atoms with Crippen molar-refractivity contribution in [3.05, 3.63) is 64.7 Å². The first-order chi connectivity index (χ1) is 11.9. The number of carbonyl (C=O) groups excluding carboxylic acids is 1. The molecule has 0 unspecified atom stereocenters. The van der Waals surface area contributed by atoms with Crippen LogP contribution < -0.4 is 10.1 Å². The van der Waals surface area contributed by atoms with Gasteiger partial charge in [-0.1, -0.05) is 24.3 Å². The van der Waals surface area contributed by atoms with Gasteiger partial charge in [0.05, 0.1) is 0 Å². The van der Waals surface area contributed by atoms with Crippen LogP contribution in [0, 0.1) is 25.2 Å². The van der Waals surface area contributed by atoms with Crippen molar-refractivity contribution in [2.75, 3.05) is 5.32 Å². The summed E-state index contributed by atoms with van der Waals surface area (Å²) < 4.78 is 28.5. The molecule has 2 rings (SSSR count). The maximum atomic E-state index is 12.3. The highest BCUT2D eigenvalue weighted by atomic mass is 19.3. The van der Waals surface area contributed by atoms with Crippen molar-refractivity contribution in [1.82, 2.24) is 0 Å². The third-order valence-corrected chi connectivity index (χ3v) is 3.63. The number of hydrogen-bond acceptors (Lipinski definition) is 3. The molecule has 0 bridgehead atoms. The molecule has 0 atom stereocenters. The monoisotopic (exact) mass is 342 g/mol. The molecule has 0 radical (unpaired) electrons. The van der Waals surface area contributed by atoms with E-state index in [-0.39, 0.29) is 11.3 Å². The van der Waals surface area contributed by atoms with Crippen molar-refractivity contribution in [3.8, 4) is 11.8 Å². The molecule has 0 spiro atoms. The van der Waals surface area contributed by atoms with Crippen LogP contribution in [0.3, 0.4) is 0 Å². The fraction of sp³-hybridized carbons (Fsp3) is 0.158. The molecule has 6 heteroatoms. The van der Waals surface area contributed by atoms with E-state index in [2.05, 4.69) is 10.1 Å². The zero-order valence-corrected chi connectivity index (χ0v) is 13.7. The Morgan fingerprint density at radius 1 is 1.20 bits per heavy atom. The van der Waals surface area contributed by atoms with Crippen molar-refractivity contribution in [2.24, 2.45) is 0 Å². The van der Waals surface area contributed by atoms with Crippen LogP contribution in [0.4, 0.5) is 14.5 Å². The van der Waals surface area contributed by atoms with Gasteiger partial charge in [-0.3, -0.25) is 4.79 Å². The molecule has 0 fully saturated rings. The van der Waals surface area contributed by atoms with Crippen LogP contribution in [0.5, 0.6) is 5.75 Å². The molecule has 0 saturated heterocycles. The lowest BCUT2D eigenvalue weighted by Gasteiger charge is -2.10. The van der Waals surface area contributed by atoms with Crippen molar-refractivity contribution < 1.29 is 18.3 Å². The van der Waals surface area contributed by atoms with Gasteiger partial charge in [0.2, 0.25) is 0 Å². The first-order valence-electron chi connectivity index (χ1n) is 7.45. The van der Waals surface area contributed by atoms with Crippen molar-refractivity contribution >= 4 is 17.7 Å². The number of carbonyl (C=O) groups is 1. The standard InChI is InChI=1S/C19H16F2N2O2/c1-12-4-3-5-17(13(12)2)23-18(24)15(11-22)10-14-6-8-16(9-7-14)25-19(20)21/h3-10,19H,1-2H3,(H,23,24)/b15-10+. The van der Waals surface area contributed by atoms with Gasteiger partial charge in [-0.05, 0) is 54.8 Å². The smallest absolute Gasteiger partial charge is 0.387 e. The summed E-state index contributed by atoms with van der Waals surface area (Å²) in [6.07, 6.45) is 1.38. The van der Waals surface area contributed by atoms with E-state index >= 15 is 0 Å². The summed E-state index contributed by atoms with van der Waals surface area (Å²) in [6, 6.07) is 13.0. The third kappa shape index (κ3) is 4.88. The highest BCUT2D eigenvalue weighted by molar-refractivity contribution is 6.10. The van der Waals surface area contributed by atoms with Gasteiger partial charge in [0, 0.05) is 5.69 Å². The Morgan fingerprint density at radius 2 is 1.88 bits per heavy atom. The molecule has 0 aromatic heterocycles. The molecule has 0 aliphatic heterocycles. The van der Waals surface area contributed by atoms with Crippen molar-refractivity contribution in [3.63, 3.8) is 0 Å². The van der Waals surface area contributed by atoms with Gasteiger partial charge in [0.15, 0.2) is 0 Å². The van der Waals surface area contributed by atoms with Crippen LogP contribution in [-0.4, -0.2) is 12.5 Å². The first-order valence-corrected chi connectivity index (χ1v) is 7.45. The molecular weight excluding hydrogens is 326 g/mol. The number of hydrogen-bond donors (Lipinski definition) is 1. The van der Waals surface area contributed by atoms with E-state index in [4.69, 9.17) is 0 Å². The van der Waals surface area contributed by atoms with E-state index in [0.717, 1.165) is 11.1 Å². The lowest BCUT2D eigenvalue weighted by atomic mass is 10.1. The molecule has 1 N–H and O–H groups in total. The second-order valence-electron chi connectivity index (χ2n) is 5.32. The number of aryl methyl sites for hydroxylation is 1. The molecule has 1 amide bonds. The number of halogens is 2. The van der Waals surface area contributed by atoms with Crippen LogP contribution >= 0.6 is 0 Å². The van der Waals surface area contributed by atoms with Crippen LogP contribution in [0.1, 0.15) is 16.7 Å². The van der Waals surface area contributed by atoms with Crippen LogP contribution in [0.2, 0.25) is 0 Å². The Balaban J connectivity index is 2.18. The second kappa shape index (κ2) is 8.06. The fourth-order valence-corrected chi connectivity index (χ4v) is 2.14. The largest absolute Gasteiger partial charge is 0.435 e. The Bertz CT molecular complexity index is 837. The molecule has 2 aromatic carbocycles. The van der Waals surface area contributed by atoms with Gasteiger partial charge >= 0.3 is 6.61 Å². The predicted octanol–water partition coefficient (Wildman–Crippen LogP) is 4.45. The predicted molar refractivity (Wildman–Crippen MR) is 91.2 cm³/mol. The minimum Gasteiger partial charge on any atom is -0.435 e. The van der Waals surface area contributed by atoms with E-state index < -0.39 is 12.5 Å². The van der Waals surface area contributed by atoms with E-state index in [1.165, 1.54) is 30.3 Å². The van der Waals surface area contributed by atoms with E-state index in [1.54, 1.807) is 6.07 Å². The zero-order chi connectivity index (χ0) is 18.4. The number of alkyl halides is 2. The average molecular weight is 342 g/mol. The summed E-state index contributed by atoms with van der Waals surface area (Å²) in [5.74, 6) is -0.533. The van der Waals surface area contributed by atoms with E-state index in [0.29, 0.717) is 11.3 Å². The zero-order valence-electron chi connectivity index (χ0n) is 13.7. The number of rotatable bonds is 5. The molecule has 0 heterocycles. The Morgan fingerprint density at radius 3 is 2.48 bits per heavy atom. The average Bonchev–Trinajstić information content (AvgIpc) is 2.57. The summed E-state index contributed by atoms with van der Waals surface area (Å²) in [4.78, 5) is 12.3. The minimum atomic E-state index is -2.90. The molecule has 0 aliphatic carbocycles. The minimum absolute atomic E-state index is 0.00509. The molecular formula is C19H16F2N2O2. The van der Waals surface area contributed by atoms with Crippen molar-refractivity contribution in [1.29, 1.82) is 5.26 Å². The molecule has 0 aliphatic rings. The van der Waals surface area contributed by atoms with Crippen LogP contribution in [0.25, 0.3) is 6.08 Å². The summed E-state index contributed by atoms with van der Waals surface area (Å²) in [5, 5.41) is 11.9. The number of nitriles is 1. The number of amides is 1. The highest BCUT2D eigenvalue weighted by Crippen LogP contribution is 2.20. The molecule has 25 heavy (non-hydrogen) atoms. The van der Waals surface area contributed by atoms with Crippen LogP contribution in [-0.2, 0) is 4.79 Å². The lowest BCUT2D eigenvalue weighted by molar-refractivity contribution is -0.112. The normalized spacial score (nSPS) is 11.1. The summed E-state index contributed by atoms with van der Waals surface area (Å²) in [6.45, 7) is 0.900. The first kappa shape index (κ1) is 18.1. The van der Waals surface area contributed by atoms with Crippen LogP contribution in [0.15, 0.2) is 48.0 Å². The van der Waals surface area contributed by atoms with Crippen molar-refractivity contribution in [2.45, 2.75) is 20.5 Å². The lowest BCUT2D eigenvalue weighted by Crippen LogP contribution is -2.14. The maximum absolute atomic E-state index is 12.3. The fourth-order valence-electron chi connectivity index (χ4n) is 2.14. The Kier molecular flexibility index (Phi) is 5.85. The SMILES string of the molecule is Cc1cccc(NC(=O)/C(C#N)=C/c2ccc(OC(F)F)cc2)c1C. The van der Waals surface area contributed by atoms with E-state index in [9.17, 15) is 18.8 Å². The molecule has 0 saturated carbocycles. The summed E-state index contributed by atoms with van der Waals surface area (Å²) >= 11 is 0. The number of ether oxygens (including phenoxy) is 1. The number of nitrogens with zero attached hydrogens (tertiary/aromatic N) is 1. The topological polar surface area (TPSA) is 62.1 Å². The Hall–Kier alpha value is -3.20.